The van der Waals surface area contributed by atoms with E-state index in [1.807, 2.05) is 0 Å². The summed E-state index contributed by atoms with van der Waals surface area (Å²) in [5.41, 5.74) is 0. The molecule has 89 valence electrons. The molecule has 1 aliphatic rings. The second-order valence-electron chi connectivity index (χ2n) is 3.76. The third kappa shape index (κ3) is 2.42. The highest BCUT2D eigenvalue weighted by Crippen LogP contribution is 2.17. The van der Waals surface area contributed by atoms with Crippen molar-refractivity contribution in [3.8, 4) is 0 Å². The number of ketones is 2. The maximum Gasteiger partial charge on any atom is 0.243 e. The molecule has 0 amide bonds. The van der Waals surface area contributed by atoms with Crippen LogP contribution in [0.15, 0.2) is 29.2 Å². The number of carbonyl (C=O) groups is 2. The van der Waals surface area contributed by atoms with E-state index in [4.69, 9.17) is 0 Å². The molecule has 2 rings (SSSR count). The van der Waals surface area contributed by atoms with Gasteiger partial charge in [-0.1, -0.05) is 12.1 Å². The highest BCUT2D eigenvalue weighted by atomic mass is 32.2. The highest BCUT2D eigenvalue weighted by Gasteiger charge is 2.32. The molecular weight excluding hydrogens is 242 g/mol. The van der Waals surface area contributed by atoms with Gasteiger partial charge in [0, 0.05) is 0 Å². The van der Waals surface area contributed by atoms with Gasteiger partial charge in [-0.05, 0) is 18.2 Å². The SMILES string of the molecule is O=C1CC(=O)CN(S(=O)(=O)c2cc[c]cc2)C1. The number of piperidine rings is 1. The van der Waals surface area contributed by atoms with Gasteiger partial charge in [0.1, 0.15) is 0 Å². The molecule has 1 heterocycles. The molecule has 5 nitrogen and oxygen atoms in total. The van der Waals surface area contributed by atoms with Crippen LogP contribution in [0, 0.1) is 6.07 Å². The Kier molecular flexibility index (Phi) is 3.08. The van der Waals surface area contributed by atoms with E-state index < -0.39 is 10.0 Å². The van der Waals surface area contributed by atoms with Crippen molar-refractivity contribution >= 4 is 21.6 Å². The number of nitrogens with zero attached hydrogens (tertiary/aromatic N) is 1. The molecule has 1 aromatic carbocycles. The second kappa shape index (κ2) is 4.38. The van der Waals surface area contributed by atoms with Crippen LogP contribution in [0.3, 0.4) is 0 Å². The number of rotatable bonds is 2. The zero-order chi connectivity index (χ0) is 12.5. The lowest BCUT2D eigenvalue weighted by Gasteiger charge is -2.24. The topological polar surface area (TPSA) is 71.5 Å². The molecule has 0 saturated carbocycles. The molecule has 1 saturated heterocycles. The van der Waals surface area contributed by atoms with Crippen LogP contribution >= 0.6 is 0 Å². The monoisotopic (exact) mass is 252 g/mol. The molecule has 1 aliphatic heterocycles. The molecular formula is C11H10NO4S. The largest absolute Gasteiger partial charge is 0.298 e. The summed E-state index contributed by atoms with van der Waals surface area (Å²) >= 11 is 0. The molecule has 0 bridgehead atoms. The predicted octanol–water partition coefficient (Wildman–Crippen LogP) is 0.0194. The molecule has 1 fully saturated rings. The third-order valence-electron chi connectivity index (χ3n) is 2.43. The van der Waals surface area contributed by atoms with Gasteiger partial charge >= 0.3 is 0 Å². The Hall–Kier alpha value is -1.53. The van der Waals surface area contributed by atoms with Gasteiger partial charge in [-0.3, -0.25) is 9.59 Å². The van der Waals surface area contributed by atoms with Crippen LogP contribution in [0.5, 0.6) is 0 Å². The van der Waals surface area contributed by atoms with Crippen LogP contribution in [0.4, 0.5) is 0 Å². The van der Waals surface area contributed by atoms with Crippen LogP contribution < -0.4 is 0 Å². The van der Waals surface area contributed by atoms with Crippen LogP contribution in [-0.2, 0) is 19.6 Å². The average molecular weight is 252 g/mol. The minimum absolute atomic E-state index is 0.0683. The van der Waals surface area contributed by atoms with Gasteiger partial charge in [-0.15, -0.1) is 0 Å². The number of Topliss-reactive ketones (excluding diaryl/α,β-unsaturated/α-hetero) is 2. The van der Waals surface area contributed by atoms with E-state index in [0.717, 1.165) is 4.31 Å². The van der Waals surface area contributed by atoms with Crippen molar-refractivity contribution in [2.45, 2.75) is 11.3 Å². The fourth-order valence-electron chi connectivity index (χ4n) is 1.64. The van der Waals surface area contributed by atoms with E-state index in [-0.39, 0.29) is 36.0 Å². The minimum Gasteiger partial charge on any atom is -0.298 e. The third-order valence-corrected chi connectivity index (χ3v) is 4.23. The molecule has 0 atom stereocenters. The normalized spacial score (nSPS) is 18.4. The number of benzene rings is 1. The molecule has 1 radical (unpaired) electrons. The van der Waals surface area contributed by atoms with E-state index in [0.29, 0.717) is 0 Å². The first-order valence-electron chi connectivity index (χ1n) is 5.00. The van der Waals surface area contributed by atoms with E-state index in [2.05, 4.69) is 6.07 Å². The average Bonchev–Trinajstić information content (AvgIpc) is 2.29. The smallest absolute Gasteiger partial charge is 0.243 e. The summed E-state index contributed by atoms with van der Waals surface area (Å²) in [6.45, 7) is -0.459. The maximum atomic E-state index is 12.1. The first-order valence-corrected chi connectivity index (χ1v) is 6.44. The molecule has 0 unspecified atom stereocenters. The summed E-state index contributed by atoms with van der Waals surface area (Å²) in [5, 5.41) is 0. The molecule has 0 N–H and O–H groups in total. The molecule has 17 heavy (non-hydrogen) atoms. The fourth-order valence-corrected chi connectivity index (χ4v) is 3.05. The first kappa shape index (κ1) is 11.9. The Morgan fingerprint density at radius 2 is 1.59 bits per heavy atom. The Labute approximate surface area is 99.1 Å². The van der Waals surface area contributed by atoms with Crippen LogP contribution in [0.1, 0.15) is 6.42 Å². The van der Waals surface area contributed by atoms with Crippen molar-refractivity contribution in [2.24, 2.45) is 0 Å². The number of hydrogen-bond acceptors (Lipinski definition) is 4. The molecule has 0 aliphatic carbocycles. The van der Waals surface area contributed by atoms with Crippen molar-refractivity contribution in [3.63, 3.8) is 0 Å². The van der Waals surface area contributed by atoms with Gasteiger partial charge in [0.15, 0.2) is 11.6 Å². The number of carbonyl (C=O) groups excluding carboxylic acids is 2. The van der Waals surface area contributed by atoms with Crippen molar-refractivity contribution in [3.05, 3.63) is 30.3 Å². The van der Waals surface area contributed by atoms with Gasteiger partial charge in [0.05, 0.1) is 24.4 Å². The molecule has 0 aromatic heterocycles. The van der Waals surface area contributed by atoms with Gasteiger partial charge in [-0.25, -0.2) is 8.42 Å². The van der Waals surface area contributed by atoms with Crippen LogP contribution in [-0.4, -0.2) is 37.4 Å². The van der Waals surface area contributed by atoms with Gasteiger partial charge in [-0.2, -0.15) is 4.31 Å². The van der Waals surface area contributed by atoms with Crippen molar-refractivity contribution < 1.29 is 18.0 Å². The zero-order valence-electron chi connectivity index (χ0n) is 8.92. The van der Waals surface area contributed by atoms with E-state index >= 15 is 0 Å². The summed E-state index contributed by atoms with van der Waals surface area (Å²) in [7, 11) is -3.76. The van der Waals surface area contributed by atoms with Crippen molar-refractivity contribution in [1.82, 2.24) is 4.31 Å². The maximum absolute atomic E-state index is 12.1. The van der Waals surface area contributed by atoms with Gasteiger partial charge < -0.3 is 0 Å². The summed E-state index contributed by atoms with van der Waals surface area (Å²) in [4.78, 5) is 22.5. The standard InChI is InChI=1S/C11H10NO4S/c13-9-6-10(14)8-12(7-9)17(15,16)11-4-2-1-3-5-11/h2-5H,6-8H2. The lowest BCUT2D eigenvalue weighted by Crippen LogP contribution is -2.44. The van der Waals surface area contributed by atoms with Crippen molar-refractivity contribution in [2.75, 3.05) is 13.1 Å². The molecule has 1 aromatic rings. The van der Waals surface area contributed by atoms with E-state index in [1.54, 1.807) is 0 Å². The summed E-state index contributed by atoms with van der Waals surface area (Å²) in [6, 6.07) is 8.43. The number of sulfonamides is 1. The first-order chi connectivity index (χ1) is 8.00. The Morgan fingerprint density at radius 3 is 2.12 bits per heavy atom. The Morgan fingerprint density at radius 1 is 1.06 bits per heavy atom. The summed E-state index contributed by atoms with van der Waals surface area (Å²) in [5.74, 6) is -0.736. The van der Waals surface area contributed by atoms with E-state index in [1.165, 1.54) is 24.3 Å². The van der Waals surface area contributed by atoms with Crippen LogP contribution in [0.25, 0.3) is 0 Å². The van der Waals surface area contributed by atoms with Crippen molar-refractivity contribution in [1.29, 1.82) is 0 Å². The van der Waals surface area contributed by atoms with Gasteiger partial charge in [0.2, 0.25) is 10.0 Å². The lowest BCUT2D eigenvalue weighted by atomic mass is 10.1. The number of hydrogen-bond donors (Lipinski definition) is 0. The predicted molar refractivity (Wildman–Crippen MR) is 58.7 cm³/mol. The zero-order valence-corrected chi connectivity index (χ0v) is 9.74. The van der Waals surface area contributed by atoms with Crippen LogP contribution in [0.2, 0.25) is 0 Å². The summed E-state index contributed by atoms with van der Waals surface area (Å²) < 4.78 is 25.1. The second-order valence-corrected chi connectivity index (χ2v) is 5.70. The Bertz CT molecular complexity index is 534. The quantitative estimate of drug-likeness (QED) is 0.696. The highest BCUT2D eigenvalue weighted by molar-refractivity contribution is 7.89. The fraction of sp³-hybridized carbons (Fsp3) is 0.273. The Balaban J connectivity index is 2.33. The minimum atomic E-state index is -3.76. The van der Waals surface area contributed by atoms with Gasteiger partial charge in [0.25, 0.3) is 0 Å². The molecule has 6 heteroatoms. The lowest BCUT2D eigenvalue weighted by molar-refractivity contribution is -0.130. The van der Waals surface area contributed by atoms with E-state index in [9.17, 15) is 18.0 Å². The molecule has 0 spiro atoms. The summed E-state index contributed by atoms with van der Waals surface area (Å²) in [6.07, 6.45) is -0.172.